The minimum Gasteiger partial charge on any atom is -0.347 e. The molecule has 0 N–H and O–H groups in total. The van der Waals surface area contributed by atoms with E-state index in [-0.39, 0.29) is 5.41 Å². The molecule has 0 aromatic heterocycles. The van der Waals surface area contributed by atoms with Crippen LogP contribution in [-0.2, 0) is 5.41 Å². The van der Waals surface area contributed by atoms with Crippen molar-refractivity contribution in [1.82, 2.24) is 0 Å². The number of fused-ring (bicyclic) bond motifs is 3. The number of nitrogens with zero attached hydrogens (tertiary/aromatic N) is 1. The summed E-state index contributed by atoms with van der Waals surface area (Å²) in [6, 6.07) is 37.4. The molecule has 188 valence electrons. The second-order valence-electron chi connectivity index (χ2n) is 10.5. The normalized spacial score (nSPS) is 21.5. The molecule has 39 heavy (non-hydrogen) atoms. The summed E-state index contributed by atoms with van der Waals surface area (Å²) in [4.78, 5) is 2.42. The average molecular weight is 502 g/mol. The van der Waals surface area contributed by atoms with Gasteiger partial charge in [-0.3, -0.25) is 0 Å². The molecule has 0 radical (unpaired) electrons. The van der Waals surface area contributed by atoms with Gasteiger partial charge in [-0.2, -0.15) is 0 Å². The monoisotopic (exact) mass is 501 g/mol. The molecule has 4 aromatic carbocycles. The highest BCUT2D eigenvalue weighted by molar-refractivity contribution is 5.93. The van der Waals surface area contributed by atoms with Crippen LogP contribution in [0.15, 0.2) is 151 Å². The van der Waals surface area contributed by atoms with Crippen LogP contribution >= 0.6 is 0 Å². The molecule has 1 heteroatoms. The predicted molar refractivity (Wildman–Crippen MR) is 165 cm³/mol. The molecule has 0 spiro atoms. The number of allylic oxidation sites excluding steroid dienone is 8. The van der Waals surface area contributed by atoms with Crippen LogP contribution < -0.4 is 4.90 Å². The van der Waals surface area contributed by atoms with Crippen LogP contribution in [0.25, 0.3) is 22.3 Å². The Morgan fingerprint density at radius 3 is 2.28 bits per heavy atom. The first-order chi connectivity index (χ1) is 19.2. The molecule has 0 saturated heterocycles. The third-order valence-electron chi connectivity index (χ3n) is 8.51. The summed E-state index contributed by atoms with van der Waals surface area (Å²) in [5.41, 5.74) is 13.6. The topological polar surface area (TPSA) is 3.24 Å². The van der Waals surface area contributed by atoms with Crippen molar-refractivity contribution in [1.29, 1.82) is 0 Å². The number of rotatable bonds is 4. The molecule has 3 aliphatic rings. The quantitative estimate of drug-likeness (QED) is 0.269. The van der Waals surface area contributed by atoms with Crippen LogP contribution in [0, 0.1) is 0 Å². The Hall–Kier alpha value is -4.62. The van der Waals surface area contributed by atoms with Gasteiger partial charge >= 0.3 is 0 Å². The van der Waals surface area contributed by atoms with Gasteiger partial charge in [0.25, 0.3) is 0 Å². The SMILES string of the molecule is C=C1/C=C\C(C2(c3ccccc3)C3=C(C=CC3)c3ccccc32)=C/N(CC)c2cc(-c3ccccc3)ccc21. The summed E-state index contributed by atoms with van der Waals surface area (Å²) >= 11 is 0. The lowest BCUT2D eigenvalue weighted by atomic mass is 9.65. The van der Waals surface area contributed by atoms with Gasteiger partial charge in [0.05, 0.1) is 5.41 Å². The van der Waals surface area contributed by atoms with Crippen LogP contribution in [0.2, 0.25) is 0 Å². The Labute approximate surface area is 231 Å². The molecule has 1 aliphatic heterocycles. The van der Waals surface area contributed by atoms with E-state index in [9.17, 15) is 0 Å². The van der Waals surface area contributed by atoms with Crippen LogP contribution in [0.5, 0.6) is 0 Å². The van der Waals surface area contributed by atoms with Gasteiger partial charge in [-0.1, -0.05) is 128 Å². The molecule has 7 rings (SSSR count). The Morgan fingerprint density at radius 1 is 0.744 bits per heavy atom. The molecule has 0 fully saturated rings. The Balaban J connectivity index is 1.49. The van der Waals surface area contributed by atoms with E-state index in [0.717, 1.165) is 18.5 Å². The Bertz CT molecular complexity index is 1720. The maximum Gasteiger partial charge on any atom is 0.0693 e. The lowest BCUT2D eigenvalue weighted by molar-refractivity contribution is 0.720. The second-order valence-corrected chi connectivity index (χ2v) is 10.5. The standard InChI is InChI=1S/C38H31N/c1-3-39-26-31(23-21-27(2)32-24-22-29(25-37(32)39)28-13-6-4-7-14-28)38(30-15-8-5-9-16-30)35-19-11-10-17-33(35)34-18-12-20-36(34)38/h4-19,21-26H,2-3,20H2,1H3/b23-21-,31-26+. The van der Waals surface area contributed by atoms with E-state index in [1.54, 1.807) is 0 Å². The van der Waals surface area contributed by atoms with Gasteiger partial charge in [0.2, 0.25) is 0 Å². The zero-order valence-electron chi connectivity index (χ0n) is 22.3. The third kappa shape index (κ3) is 3.54. The lowest BCUT2D eigenvalue weighted by Crippen LogP contribution is -2.32. The lowest BCUT2D eigenvalue weighted by Gasteiger charge is -2.38. The van der Waals surface area contributed by atoms with E-state index in [4.69, 9.17) is 0 Å². The van der Waals surface area contributed by atoms with Crippen molar-refractivity contribution in [2.75, 3.05) is 11.4 Å². The summed E-state index contributed by atoms with van der Waals surface area (Å²) in [6.45, 7) is 7.62. The summed E-state index contributed by atoms with van der Waals surface area (Å²) in [6.07, 6.45) is 12.5. The molecular formula is C38H31N. The van der Waals surface area contributed by atoms with E-state index >= 15 is 0 Å². The van der Waals surface area contributed by atoms with Gasteiger partial charge in [0.15, 0.2) is 0 Å². The van der Waals surface area contributed by atoms with Gasteiger partial charge in [-0.15, -0.1) is 0 Å². The molecular weight excluding hydrogens is 470 g/mol. The van der Waals surface area contributed by atoms with Crippen LogP contribution in [0.3, 0.4) is 0 Å². The van der Waals surface area contributed by atoms with Gasteiger partial charge < -0.3 is 4.90 Å². The minimum absolute atomic E-state index is 0.366. The Morgan fingerprint density at radius 2 is 1.49 bits per heavy atom. The maximum atomic E-state index is 4.53. The fourth-order valence-corrected chi connectivity index (χ4v) is 6.73. The van der Waals surface area contributed by atoms with E-state index in [2.05, 4.69) is 152 Å². The number of hydrogen-bond donors (Lipinski definition) is 0. The van der Waals surface area contributed by atoms with E-state index in [1.807, 2.05) is 0 Å². The minimum atomic E-state index is -0.366. The zero-order valence-corrected chi connectivity index (χ0v) is 22.3. The van der Waals surface area contributed by atoms with Crippen molar-refractivity contribution in [3.8, 4) is 11.1 Å². The highest BCUT2D eigenvalue weighted by Crippen LogP contribution is 2.58. The summed E-state index contributed by atoms with van der Waals surface area (Å²) in [7, 11) is 0. The number of anilines is 1. The third-order valence-corrected chi connectivity index (χ3v) is 8.51. The van der Waals surface area contributed by atoms with E-state index in [1.165, 1.54) is 55.8 Å². The molecule has 1 heterocycles. The maximum absolute atomic E-state index is 4.53. The van der Waals surface area contributed by atoms with Gasteiger partial charge in [0.1, 0.15) is 0 Å². The smallest absolute Gasteiger partial charge is 0.0693 e. The molecule has 0 bridgehead atoms. The molecule has 1 nitrogen and oxygen atoms in total. The number of benzene rings is 4. The first kappa shape index (κ1) is 23.5. The van der Waals surface area contributed by atoms with E-state index < -0.39 is 0 Å². The van der Waals surface area contributed by atoms with Gasteiger partial charge in [-0.05, 0) is 69.5 Å². The summed E-state index contributed by atoms with van der Waals surface area (Å²) in [5.74, 6) is 0. The Kier molecular flexibility index (Phi) is 5.60. The van der Waals surface area contributed by atoms with Gasteiger partial charge in [0, 0.05) is 24.0 Å². The van der Waals surface area contributed by atoms with E-state index in [0.29, 0.717) is 0 Å². The fourth-order valence-electron chi connectivity index (χ4n) is 6.73. The molecule has 0 amide bonds. The molecule has 2 aliphatic carbocycles. The average Bonchev–Trinajstić information content (AvgIpc) is 3.58. The summed E-state index contributed by atoms with van der Waals surface area (Å²) in [5, 5.41) is 0. The van der Waals surface area contributed by atoms with Crippen molar-refractivity contribution >= 4 is 16.8 Å². The van der Waals surface area contributed by atoms with Crippen molar-refractivity contribution < 1.29 is 0 Å². The van der Waals surface area contributed by atoms with Crippen LogP contribution in [-0.4, -0.2) is 6.54 Å². The molecule has 4 aromatic rings. The van der Waals surface area contributed by atoms with Crippen molar-refractivity contribution in [2.24, 2.45) is 0 Å². The van der Waals surface area contributed by atoms with Crippen molar-refractivity contribution in [3.63, 3.8) is 0 Å². The first-order valence-corrected chi connectivity index (χ1v) is 13.8. The zero-order chi connectivity index (χ0) is 26.4. The highest BCUT2D eigenvalue weighted by atomic mass is 15.1. The number of hydrogen-bond acceptors (Lipinski definition) is 1. The largest absolute Gasteiger partial charge is 0.347 e. The molecule has 0 saturated carbocycles. The molecule has 1 atom stereocenters. The van der Waals surface area contributed by atoms with Gasteiger partial charge in [-0.25, -0.2) is 0 Å². The predicted octanol–water partition coefficient (Wildman–Crippen LogP) is 9.36. The highest BCUT2D eigenvalue weighted by Gasteiger charge is 2.48. The van der Waals surface area contributed by atoms with Crippen LogP contribution in [0.4, 0.5) is 5.69 Å². The first-order valence-electron chi connectivity index (χ1n) is 13.8. The second kappa shape index (κ2) is 9.29. The van der Waals surface area contributed by atoms with Crippen LogP contribution in [0.1, 0.15) is 35.6 Å². The molecule has 1 unspecified atom stereocenters. The summed E-state index contributed by atoms with van der Waals surface area (Å²) < 4.78 is 0. The van der Waals surface area contributed by atoms with Crippen molar-refractivity contribution in [3.05, 3.63) is 174 Å². The van der Waals surface area contributed by atoms with Crippen molar-refractivity contribution in [2.45, 2.75) is 18.8 Å². The fraction of sp³-hybridized carbons (Fsp3) is 0.105.